The van der Waals surface area contributed by atoms with Crippen molar-refractivity contribution in [1.29, 1.82) is 0 Å². The average Bonchev–Trinajstić information content (AvgIpc) is 3.96. The van der Waals surface area contributed by atoms with Gasteiger partial charge in [-0.1, -0.05) is 151 Å². The molecule has 0 bridgehead atoms. The number of rotatable bonds is 38. The molecule has 0 saturated carbocycles. The van der Waals surface area contributed by atoms with Gasteiger partial charge >= 0.3 is 5.69 Å². The van der Waals surface area contributed by atoms with Crippen LogP contribution in [0.2, 0.25) is 0 Å². The standard InChI is InChI=1S/C62H91N6O8PS/c1-9-10-11-12-13-14-15-16-17-18-19-22-28-42-64-60(78)65-43-29-23-20-21-27-32-55-58(76-77(74-46-44-63-6)68(48(2)3)49(4)5)56(75-59(55)67-45-41-57(69)66-61(67)70)47-73-62(50-30-25-24-26-31-50,51-33-37-53(71-7)38-34-51)52-35-39-54(72-8)40-36-52/h21,24-27,30-31,33-41,45,48-49,55-56,58-59H,9-20,22-23,28-29,32,42-44,46-47H2,1-5,7-8H3,(H2,64,65,78)(H,66,69,70)/b27-21+/t55-,56+,58?,59+,77?/m0/s1. The van der Waals surface area contributed by atoms with Gasteiger partial charge in [-0.3, -0.25) is 14.3 Å². The first-order chi connectivity index (χ1) is 38.0. The number of benzene rings is 3. The van der Waals surface area contributed by atoms with Crippen molar-refractivity contribution in [2.75, 3.05) is 47.1 Å². The molecule has 0 aliphatic carbocycles. The highest BCUT2D eigenvalue weighted by atomic mass is 32.1. The Morgan fingerprint density at radius 2 is 1.31 bits per heavy atom. The number of hydrogen-bond donors (Lipinski definition) is 3. The molecule has 5 rings (SSSR count). The molecule has 1 fully saturated rings. The highest BCUT2D eigenvalue weighted by molar-refractivity contribution is 7.80. The van der Waals surface area contributed by atoms with E-state index in [0.29, 0.717) is 23.0 Å². The molecule has 2 unspecified atom stereocenters. The number of unbranched alkanes of at least 4 members (excludes halogenated alkanes) is 14. The maximum absolute atomic E-state index is 13.8. The van der Waals surface area contributed by atoms with E-state index in [1.54, 1.807) is 14.2 Å². The molecule has 1 aliphatic heterocycles. The zero-order valence-electron chi connectivity index (χ0n) is 47.8. The molecule has 1 saturated heterocycles. The van der Waals surface area contributed by atoms with E-state index in [-0.39, 0.29) is 31.8 Å². The fourth-order valence-electron chi connectivity index (χ4n) is 10.3. The van der Waals surface area contributed by atoms with Crippen molar-refractivity contribution < 1.29 is 28.0 Å². The van der Waals surface area contributed by atoms with E-state index < -0.39 is 49.7 Å². The summed E-state index contributed by atoms with van der Waals surface area (Å²) in [6, 6.07) is 27.1. The SMILES string of the molecule is [C-]#[N+]CCOP(OC1[C@@H](COC(c2ccccc2)(c2ccc(OC)cc2)c2ccc(OC)cc2)O[C@@H](n2ccc(=O)[nH]c2=O)[C@H]1C/C=C/CCCCNC(=S)NCCCCCCCCCCCCCCC)N(C(C)C)C(C)C. The molecule has 14 nitrogen and oxygen atoms in total. The number of nitrogens with zero attached hydrogens (tertiary/aromatic N) is 3. The van der Waals surface area contributed by atoms with Crippen molar-refractivity contribution in [3.05, 3.63) is 152 Å². The number of ether oxygens (including phenoxy) is 4. The third kappa shape index (κ3) is 20.0. The summed E-state index contributed by atoms with van der Waals surface area (Å²) >= 11 is 5.61. The molecule has 428 valence electrons. The molecule has 4 aromatic rings. The molecular weight excluding hydrogens is 1020 g/mol. The lowest BCUT2D eigenvalue weighted by molar-refractivity contribution is -0.0932. The third-order valence-corrected chi connectivity index (χ3v) is 16.7. The number of H-pyrrole nitrogens is 1. The van der Waals surface area contributed by atoms with Gasteiger partial charge in [0.25, 0.3) is 14.1 Å². The Morgan fingerprint density at radius 1 is 0.769 bits per heavy atom. The average molecular weight is 1110 g/mol. The Morgan fingerprint density at radius 3 is 1.83 bits per heavy atom. The number of aromatic amines is 1. The first kappa shape index (κ1) is 63.9. The van der Waals surface area contributed by atoms with Crippen LogP contribution in [0.4, 0.5) is 0 Å². The minimum atomic E-state index is -1.77. The van der Waals surface area contributed by atoms with Crippen molar-refractivity contribution in [3.8, 4) is 11.5 Å². The molecule has 3 N–H and O–H groups in total. The fraction of sp³-hybridized carbons (Fsp3) is 0.581. The van der Waals surface area contributed by atoms with Crippen LogP contribution in [0.5, 0.6) is 11.5 Å². The summed E-state index contributed by atoms with van der Waals surface area (Å²) in [5.41, 5.74) is 0.274. The van der Waals surface area contributed by atoms with Crippen LogP contribution >= 0.6 is 20.7 Å². The molecule has 0 amide bonds. The molecule has 0 spiro atoms. The number of thiocarbonyl (C=S) groups is 1. The smallest absolute Gasteiger partial charge is 0.330 e. The van der Waals surface area contributed by atoms with Gasteiger partial charge in [0.1, 0.15) is 42.1 Å². The number of methoxy groups -OCH3 is 2. The summed E-state index contributed by atoms with van der Waals surface area (Å²) in [5, 5.41) is 7.48. The quantitative estimate of drug-likeness (QED) is 0.00982. The topological polar surface area (TPSA) is 142 Å². The summed E-state index contributed by atoms with van der Waals surface area (Å²) in [6.45, 7) is 20.3. The van der Waals surface area contributed by atoms with Crippen molar-refractivity contribution in [1.82, 2.24) is 24.9 Å². The zero-order chi connectivity index (χ0) is 56.0. The van der Waals surface area contributed by atoms with Gasteiger partial charge in [-0.25, -0.2) is 16.0 Å². The van der Waals surface area contributed by atoms with Crippen LogP contribution in [0, 0.1) is 12.5 Å². The van der Waals surface area contributed by atoms with E-state index >= 15 is 0 Å². The number of nitrogens with one attached hydrogen (secondary N) is 3. The number of allylic oxidation sites excluding steroid dienone is 2. The van der Waals surface area contributed by atoms with Crippen LogP contribution in [-0.2, 0) is 24.1 Å². The lowest BCUT2D eigenvalue weighted by atomic mass is 9.80. The fourth-order valence-corrected chi connectivity index (χ4v) is 12.3. The van der Waals surface area contributed by atoms with E-state index in [2.05, 4.69) is 71.9 Å². The predicted octanol–water partition coefficient (Wildman–Crippen LogP) is 13.4. The van der Waals surface area contributed by atoms with Gasteiger partial charge in [-0.05, 0) is 113 Å². The van der Waals surface area contributed by atoms with Gasteiger partial charge < -0.3 is 43.5 Å². The monoisotopic (exact) mass is 1110 g/mol. The summed E-state index contributed by atoms with van der Waals surface area (Å²) in [7, 11) is 1.51. The Kier molecular flexibility index (Phi) is 29.2. The Bertz CT molecular complexity index is 2430. The van der Waals surface area contributed by atoms with E-state index in [0.717, 1.165) is 55.5 Å². The molecule has 16 heteroatoms. The van der Waals surface area contributed by atoms with Crippen LogP contribution in [0.1, 0.15) is 167 Å². The molecule has 3 aromatic carbocycles. The Balaban J connectivity index is 1.34. The van der Waals surface area contributed by atoms with Crippen molar-refractivity contribution in [3.63, 3.8) is 0 Å². The van der Waals surface area contributed by atoms with Gasteiger partial charge in [-0.2, -0.15) is 0 Å². The van der Waals surface area contributed by atoms with Crippen LogP contribution < -0.4 is 31.4 Å². The molecule has 1 aliphatic rings. The maximum Gasteiger partial charge on any atom is 0.330 e. The summed E-state index contributed by atoms with van der Waals surface area (Å²) in [4.78, 5) is 32.3. The highest BCUT2D eigenvalue weighted by Crippen LogP contribution is 2.52. The van der Waals surface area contributed by atoms with Gasteiger partial charge in [0.2, 0.25) is 6.54 Å². The van der Waals surface area contributed by atoms with Crippen LogP contribution in [0.25, 0.3) is 4.85 Å². The highest BCUT2D eigenvalue weighted by Gasteiger charge is 2.50. The summed E-state index contributed by atoms with van der Waals surface area (Å²) in [6.07, 6.45) is 24.0. The van der Waals surface area contributed by atoms with E-state index in [1.165, 1.54) is 93.9 Å². The number of hydrogen-bond acceptors (Lipinski definition) is 10. The van der Waals surface area contributed by atoms with Crippen molar-refractivity contribution in [2.24, 2.45) is 5.92 Å². The van der Waals surface area contributed by atoms with E-state index in [4.69, 9.17) is 46.8 Å². The predicted molar refractivity (Wildman–Crippen MR) is 320 cm³/mol. The van der Waals surface area contributed by atoms with Crippen LogP contribution in [0.3, 0.4) is 0 Å². The lowest BCUT2D eigenvalue weighted by Crippen LogP contribution is -2.41. The molecular formula is C62H91N6O8PS. The normalized spacial score (nSPS) is 17.0. The number of aromatic nitrogens is 2. The van der Waals surface area contributed by atoms with E-state index in [1.807, 2.05) is 78.9 Å². The molecule has 0 radical (unpaired) electrons. The first-order valence-corrected chi connectivity index (χ1v) is 30.3. The zero-order valence-corrected chi connectivity index (χ0v) is 49.5. The molecule has 5 atom stereocenters. The lowest BCUT2D eigenvalue weighted by Gasteiger charge is -2.39. The minimum absolute atomic E-state index is 0.00411. The van der Waals surface area contributed by atoms with Gasteiger partial charge in [0.15, 0.2) is 5.11 Å². The summed E-state index contributed by atoms with van der Waals surface area (Å²) in [5.74, 6) is 0.939. The van der Waals surface area contributed by atoms with E-state index in [9.17, 15) is 9.59 Å². The van der Waals surface area contributed by atoms with Gasteiger partial charge in [0, 0.05) is 43.4 Å². The second-order valence-electron chi connectivity index (χ2n) is 20.8. The molecule has 78 heavy (non-hydrogen) atoms. The first-order valence-electron chi connectivity index (χ1n) is 28.8. The van der Waals surface area contributed by atoms with Crippen LogP contribution in [-0.4, -0.2) is 90.7 Å². The second kappa shape index (κ2) is 35.7. The Hall–Kier alpha value is -4.91. The second-order valence-corrected chi connectivity index (χ2v) is 22.6. The largest absolute Gasteiger partial charge is 0.497 e. The van der Waals surface area contributed by atoms with Crippen LogP contribution in [0.15, 0.2) is 113 Å². The molecule has 1 aromatic heterocycles. The molecule has 2 heterocycles. The third-order valence-electron chi connectivity index (χ3n) is 14.3. The maximum atomic E-state index is 13.8. The van der Waals surface area contributed by atoms with Crippen molar-refractivity contribution >= 4 is 25.9 Å². The van der Waals surface area contributed by atoms with Crippen molar-refractivity contribution in [2.45, 2.75) is 180 Å². The Labute approximate surface area is 473 Å². The summed E-state index contributed by atoms with van der Waals surface area (Å²) < 4.78 is 43.3. The van der Waals surface area contributed by atoms with Gasteiger partial charge in [0.05, 0.1) is 20.8 Å². The minimum Gasteiger partial charge on any atom is -0.497 e. The van der Waals surface area contributed by atoms with Gasteiger partial charge in [-0.15, -0.1) is 0 Å².